The van der Waals surface area contributed by atoms with E-state index in [1.807, 2.05) is 24.3 Å². The molecule has 0 saturated carbocycles. The molecule has 0 saturated heterocycles. The Hall–Kier alpha value is -1.75. The van der Waals surface area contributed by atoms with Crippen molar-refractivity contribution in [2.24, 2.45) is 0 Å². The van der Waals surface area contributed by atoms with Crippen LogP contribution < -0.4 is 5.32 Å². The lowest BCUT2D eigenvalue weighted by molar-refractivity contribution is -0.141. The van der Waals surface area contributed by atoms with Gasteiger partial charge in [0.05, 0.1) is 11.4 Å². The molecular formula is C15H12ClF3N2. The Bertz CT molecular complexity index is 657. The van der Waals surface area contributed by atoms with Gasteiger partial charge in [-0.15, -0.1) is 11.6 Å². The molecule has 0 spiro atoms. The topological polar surface area (TPSA) is 24.9 Å². The molecule has 2 unspecified atom stereocenters. The van der Waals surface area contributed by atoms with Gasteiger partial charge in [0.15, 0.2) is 0 Å². The summed E-state index contributed by atoms with van der Waals surface area (Å²) in [7, 11) is 0. The van der Waals surface area contributed by atoms with Crippen molar-refractivity contribution in [3.8, 4) is 0 Å². The molecule has 21 heavy (non-hydrogen) atoms. The number of aromatic nitrogens is 1. The summed E-state index contributed by atoms with van der Waals surface area (Å²) in [6.45, 7) is 0. The van der Waals surface area contributed by atoms with Gasteiger partial charge in [-0.1, -0.05) is 30.3 Å². The molecule has 2 nitrogen and oxygen atoms in total. The highest BCUT2D eigenvalue weighted by Crippen LogP contribution is 2.37. The number of pyridine rings is 1. The van der Waals surface area contributed by atoms with Crippen LogP contribution in [0.15, 0.2) is 42.5 Å². The summed E-state index contributed by atoms with van der Waals surface area (Å²) < 4.78 is 38.0. The van der Waals surface area contributed by atoms with Crippen LogP contribution in [-0.4, -0.2) is 10.4 Å². The Morgan fingerprint density at radius 3 is 2.62 bits per heavy atom. The Balaban J connectivity index is 1.88. The van der Waals surface area contributed by atoms with Crippen LogP contribution in [0, 0.1) is 0 Å². The van der Waals surface area contributed by atoms with Crippen LogP contribution >= 0.6 is 11.6 Å². The fraction of sp³-hybridized carbons (Fsp3) is 0.267. The maximum atomic E-state index is 12.7. The van der Waals surface area contributed by atoms with Gasteiger partial charge in [0, 0.05) is 0 Å². The normalized spacial score (nSPS) is 21.1. The predicted molar refractivity (Wildman–Crippen MR) is 75.4 cm³/mol. The summed E-state index contributed by atoms with van der Waals surface area (Å²) in [5, 5.41) is 2.81. The van der Waals surface area contributed by atoms with Crippen LogP contribution in [0.1, 0.15) is 22.9 Å². The highest BCUT2D eigenvalue weighted by Gasteiger charge is 2.34. The van der Waals surface area contributed by atoms with Crippen LogP contribution in [0.5, 0.6) is 0 Å². The van der Waals surface area contributed by atoms with E-state index in [-0.39, 0.29) is 17.2 Å². The quantitative estimate of drug-likeness (QED) is 0.830. The minimum absolute atomic E-state index is 0.178. The summed E-state index contributed by atoms with van der Waals surface area (Å²) in [6, 6.07) is 11.3. The summed E-state index contributed by atoms with van der Waals surface area (Å²) in [5.41, 5.74) is 1.21. The summed E-state index contributed by atoms with van der Waals surface area (Å²) >= 11 is 6.31. The van der Waals surface area contributed by atoms with E-state index in [1.54, 1.807) is 0 Å². The molecule has 1 aromatic carbocycles. The zero-order valence-corrected chi connectivity index (χ0v) is 11.6. The molecule has 6 heteroatoms. The van der Waals surface area contributed by atoms with E-state index < -0.39 is 11.9 Å². The largest absolute Gasteiger partial charge is 0.433 e. The van der Waals surface area contributed by atoms with E-state index in [2.05, 4.69) is 10.3 Å². The van der Waals surface area contributed by atoms with E-state index in [9.17, 15) is 13.2 Å². The molecule has 1 aliphatic carbocycles. The molecule has 1 N–H and O–H groups in total. The standard InChI is InChI=1S/C15H12ClF3N2/c16-11-8-9-4-1-2-5-10(9)14(11)21-13-7-3-6-12(20-13)15(17,18)19/h1-7,11,14H,8H2,(H,20,21). The minimum atomic E-state index is -4.45. The van der Waals surface area contributed by atoms with E-state index in [1.165, 1.54) is 12.1 Å². The van der Waals surface area contributed by atoms with Crippen LogP contribution in [-0.2, 0) is 12.6 Å². The zero-order valence-electron chi connectivity index (χ0n) is 10.9. The van der Waals surface area contributed by atoms with Gasteiger partial charge in [0.2, 0.25) is 0 Å². The van der Waals surface area contributed by atoms with Crippen molar-refractivity contribution in [2.45, 2.75) is 24.0 Å². The molecule has 0 aliphatic heterocycles. The van der Waals surface area contributed by atoms with Gasteiger partial charge in [-0.05, 0) is 29.7 Å². The fourth-order valence-corrected chi connectivity index (χ4v) is 2.91. The molecule has 2 aromatic rings. The third-order valence-corrected chi connectivity index (χ3v) is 3.92. The Morgan fingerprint density at radius 1 is 1.10 bits per heavy atom. The number of hydrogen-bond acceptors (Lipinski definition) is 2. The average molecular weight is 313 g/mol. The Kier molecular flexibility index (Phi) is 3.53. The third kappa shape index (κ3) is 2.83. The number of nitrogens with zero attached hydrogens (tertiary/aromatic N) is 1. The van der Waals surface area contributed by atoms with Crippen molar-refractivity contribution in [3.63, 3.8) is 0 Å². The first-order valence-corrected chi connectivity index (χ1v) is 6.91. The van der Waals surface area contributed by atoms with E-state index in [4.69, 9.17) is 11.6 Å². The number of nitrogens with one attached hydrogen (secondary N) is 1. The SMILES string of the molecule is FC(F)(F)c1cccc(NC2c3ccccc3CC2Cl)n1. The molecule has 3 rings (SSSR count). The number of benzene rings is 1. The second-order valence-corrected chi connectivity index (χ2v) is 5.51. The van der Waals surface area contributed by atoms with Gasteiger partial charge in [-0.2, -0.15) is 13.2 Å². The molecular weight excluding hydrogens is 301 g/mol. The second-order valence-electron chi connectivity index (χ2n) is 4.95. The third-order valence-electron chi connectivity index (χ3n) is 3.51. The lowest BCUT2D eigenvalue weighted by atomic mass is 10.1. The summed E-state index contributed by atoms with van der Waals surface area (Å²) in [5.74, 6) is 0.178. The number of hydrogen-bond donors (Lipinski definition) is 1. The summed E-state index contributed by atoms with van der Waals surface area (Å²) in [4.78, 5) is 3.62. The summed E-state index contributed by atoms with van der Waals surface area (Å²) in [6.07, 6.45) is -3.76. The number of rotatable bonds is 2. The van der Waals surface area contributed by atoms with Gasteiger partial charge >= 0.3 is 6.18 Å². The van der Waals surface area contributed by atoms with Crippen LogP contribution in [0.4, 0.5) is 19.0 Å². The fourth-order valence-electron chi connectivity index (χ4n) is 2.55. The van der Waals surface area contributed by atoms with Crippen molar-refractivity contribution < 1.29 is 13.2 Å². The maximum Gasteiger partial charge on any atom is 0.433 e. The lowest BCUT2D eigenvalue weighted by Gasteiger charge is -2.18. The molecule has 1 aliphatic rings. The second kappa shape index (κ2) is 5.22. The zero-order chi connectivity index (χ0) is 15.0. The first-order chi connectivity index (χ1) is 9.95. The monoisotopic (exact) mass is 312 g/mol. The van der Waals surface area contributed by atoms with E-state index in [0.29, 0.717) is 6.42 Å². The van der Waals surface area contributed by atoms with E-state index >= 15 is 0 Å². The van der Waals surface area contributed by atoms with Crippen LogP contribution in [0.3, 0.4) is 0 Å². The first kappa shape index (κ1) is 14.2. The highest BCUT2D eigenvalue weighted by molar-refractivity contribution is 6.21. The molecule has 0 fully saturated rings. The van der Waals surface area contributed by atoms with Gasteiger partial charge in [-0.25, -0.2) is 4.98 Å². The number of halogens is 4. The number of alkyl halides is 4. The van der Waals surface area contributed by atoms with Crippen LogP contribution in [0.2, 0.25) is 0 Å². The highest BCUT2D eigenvalue weighted by atomic mass is 35.5. The van der Waals surface area contributed by atoms with Crippen molar-refractivity contribution in [2.75, 3.05) is 5.32 Å². The Labute approximate surface area is 125 Å². The molecule has 2 atom stereocenters. The lowest BCUT2D eigenvalue weighted by Crippen LogP contribution is -2.18. The maximum absolute atomic E-state index is 12.7. The Morgan fingerprint density at radius 2 is 1.86 bits per heavy atom. The molecule has 0 amide bonds. The molecule has 1 aromatic heterocycles. The number of anilines is 1. The minimum Gasteiger partial charge on any atom is -0.362 e. The average Bonchev–Trinajstić information content (AvgIpc) is 2.75. The first-order valence-electron chi connectivity index (χ1n) is 6.48. The van der Waals surface area contributed by atoms with Gasteiger partial charge < -0.3 is 5.32 Å². The predicted octanol–water partition coefficient (Wildman–Crippen LogP) is 4.42. The molecule has 0 radical (unpaired) electrons. The van der Waals surface area contributed by atoms with Gasteiger partial charge in [0.25, 0.3) is 0 Å². The van der Waals surface area contributed by atoms with Crippen molar-refractivity contribution in [3.05, 3.63) is 59.3 Å². The molecule has 0 bridgehead atoms. The number of fused-ring (bicyclic) bond motifs is 1. The smallest absolute Gasteiger partial charge is 0.362 e. The van der Waals surface area contributed by atoms with Crippen molar-refractivity contribution in [1.29, 1.82) is 0 Å². The van der Waals surface area contributed by atoms with Gasteiger partial charge in [0.1, 0.15) is 11.5 Å². The van der Waals surface area contributed by atoms with Crippen LogP contribution in [0.25, 0.3) is 0 Å². The van der Waals surface area contributed by atoms with E-state index in [0.717, 1.165) is 17.2 Å². The van der Waals surface area contributed by atoms with Crippen molar-refractivity contribution >= 4 is 17.4 Å². The van der Waals surface area contributed by atoms with Gasteiger partial charge in [-0.3, -0.25) is 0 Å². The van der Waals surface area contributed by atoms with Crippen molar-refractivity contribution in [1.82, 2.24) is 4.98 Å². The molecule has 1 heterocycles. The molecule has 110 valence electrons.